The first-order valence-corrected chi connectivity index (χ1v) is 6.28. The first-order chi connectivity index (χ1) is 10.3. The van der Waals surface area contributed by atoms with E-state index < -0.39 is 30.0 Å². The number of halogens is 6. The van der Waals surface area contributed by atoms with E-state index in [2.05, 4.69) is 0 Å². The molecule has 130 valence electrons. The van der Waals surface area contributed by atoms with E-state index in [-0.39, 0.29) is 5.69 Å². The summed E-state index contributed by atoms with van der Waals surface area (Å²) in [4.78, 5) is 11.5. The third-order valence-corrected chi connectivity index (χ3v) is 3.11. The normalized spacial score (nSPS) is 14.5. The lowest BCUT2D eigenvalue weighted by atomic mass is 9.94. The summed E-state index contributed by atoms with van der Waals surface area (Å²) in [7, 11) is 0. The summed E-state index contributed by atoms with van der Waals surface area (Å²) in [5.41, 5.74) is -5.04. The third kappa shape index (κ3) is 3.75. The minimum Gasteiger partial charge on any atom is -0.380 e. The van der Waals surface area contributed by atoms with Crippen LogP contribution in [0, 0.1) is 0 Å². The number of alkyl halides is 6. The lowest BCUT2D eigenvalue weighted by Gasteiger charge is -2.35. The van der Waals surface area contributed by atoms with Crippen LogP contribution in [0.2, 0.25) is 0 Å². The molecule has 0 aromatic heterocycles. The fourth-order valence-electron chi connectivity index (χ4n) is 1.74. The first kappa shape index (κ1) is 19.2. The van der Waals surface area contributed by atoms with Crippen molar-refractivity contribution in [2.24, 2.45) is 0 Å². The first-order valence-electron chi connectivity index (χ1n) is 6.28. The summed E-state index contributed by atoms with van der Waals surface area (Å²) < 4.78 is 75.4. The highest BCUT2D eigenvalue weighted by Crippen LogP contribution is 2.45. The second-order valence-corrected chi connectivity index (χ2v) is 4.71. The molecule has 1 rings (SSSR count). The van der Waals surface area contributed by atoms with Crippen LogP contribution in [0.25, 0.3) is 0 Å². The monoisotopic (exact) mass is 345 g/mol. The van der Waals surface area contributed by atoms with Crippen LogP contribution in [-0.4, -0.2) is 40.2 Å². The summed E-state index contributed by atoms with van der Waals surface area (Å²) in [5.74, 6) is -2.03. The molecule has 1 unspecified atom stereocenters. The fourth-order valence-corrected chi connectivity index (χ4v) is 1.74. The van der Waals surface area contributed by atoms with Gasteiger partial charge in [0.15, 0.2) is 6.10 Å². The molecule has 0 aliphatic carbocycles. The summed E-state index contributed by atoms with van der Waals surface area (Å²) in [5, 5.41) is 19.9. The van der Waals surface area contributed by atoms with Crippen molar-refractivity contribution >= 4 is 11.6 Å². The Balaban J connectivity index is 3.10. The molecule has 1 aromatic carbocycles. The van der Waals surface area contributed by atoms with E-state index in [9.17, 15) is 36.2 Å². The van der Waals surface area contributed by atoms with Gasteiger partial charge in [-0.2, -0.15) is 26.3 Å². The van der Waals surface area contributed by atoms with Gasteiger partial charge in [0.05, 0.1) is 0 Å². The SMILES string of the molecule is CCc1cccc(NC(=O)C(O)C(O)(C(F)(F)F)C(F)(F)F)c1. The van der Waals surface area contributed by atoms with Gasteiger partial charge in [-0.1, -0.05) is 19.1 Å². The molecule has 10 heteroatoms. The Labute approximate surface area is 126 Å². The highest BCUT2D eigenvalue weighted by molar-refractivity contribution is 5.95. The number of carbonyl (C=O) groups is 1. The standard InChI is InChI=1S/C13H13F6NO3/c1-2-7-4-3-5-8(6-7)20-10(22)9(21)11(23,12(14,15)16)13(17,18)19/h3-6,9,21,23H,2H2,1H3,(H,20,22). The molecule has 1 atom stereocenters. The van der Waals surface area contributed by atoms with E-state index in [1.54, 1.807) is 18.3 Å². The Morgan fingerprint density at radius 1 is 1.17 bits per heavy atom. The van der Waals surface area contributed by atoms with E-state index in [1.807, 2.05) is 0 Å². The van der Waals surface area contributed by atoms with Gasteiger partial charge in [-0.3, -0.25) is 4.79 Å². The zero-order valence-electron chi connectivity index (χ0n) is 11.7. The molecule has 0 spiro atoms. The van der Waals surface area contributed by atoms with E-state index >= 15 is 0 Å². The number of rotatable bonds is 4. The van der Waals surface area contributed by atoms with Crippen molar-refractivity contribution in [2.45, 2.75) is 37.4 Å². The average molecular weight is 345 g/mol. The van der Waals surface area contributed by atoms with E-state index in [0.29, 0.717) is 12.0 Å². The van der Waals surface area contributed by atoms with Gasteiger partial charge >= 0.3 is 12.4 Å². The minimum atomic E-state index is -6.30. The molecule has 0 fully saturated rings. The second-order valence-electron chi connectivity index (χ2n) is 4.71. The van der Waals surface area contributed by atoms with Crippen molar-refractivity contribution in [3.8, 4) is 0 Å². The maximum atomic E-state index is 12.6. The van der Waals surface area contributed by atoms with Crippen LogP contribution < -0.4 is 5.32 Å². The van der Waals surface area contributed by atoms with Gasteiger partial charge in [-0.25, -0.2) is 0 Å². The number of aryl methyl sites for hydroxylation is 1. The maximum absolute atomic E-state index is 12.6. The molecular formula is C13H13F6NO3. The third-order valence-electron chi connectivity index (χ3n) is 3.11. The van der Waals surface area contributed by atoms with Gasteiger partial charge < -0.3 is 15.5 Å². The number of amides is 1. The van der Waals surface area contributed by atoms with Crippen molar-refractivity contribution in [2.75, 3.05) is 5.32 Å². The molecule has 0 bridgehead atoms. The van der Waals surface area contributed by atoms with E-state index in [4.69, 9.17) is 5.11 Å². The molecule has 23 heavy (non-hydrogen) atoms. The van der Waals surface area contributed by atoms with Gasteiger partial charge in [0.25, 0.3) is 11.5 Å². The van der Waals surface area contributed by atoms with Crippen molar-refractivity contribution in [1.82, 2.24) is 0 Å². The van der Waals surface area contributed by atoms with Crippen LogP contribution in [0.15, 0.2) is 24.3 Å². The van der Waals surface area contributed by atoms with Crippen LogP contribution in [0.1, 0.15) is 12.5 Å². The Hall–Kier alpha value is -1.81. The molecule has 1 aromatic rings. The van der Waals surface area contributed by atoms with Gasteiger partial charge in [-0.05, 0) is 24.1 Å². The number of hydrogen-bond acceptors (Lipinski definition) is 3. The van der Waals surface area contributed by atoms with Crippen LogP contribution in [-0.2, 0) is 11.2 Å². The molecule has 0 saturated heterocycles. The molecule has 0 aliphatic rings. The number of carbonyl (C=O) groups excluding carboxylic acids is 1. The Morgan fingerprint density at radius 2 is 1.70 bits per heavy atom. The molecule has 0 aliphatic heterocycles. The van der Waals surface area contributed by atoms with Crippen molar-refractivity contribution < 1.29 is 41.4 Å². The predicted octanol–water partition coefficient (Wildman–Crippen LogP) is 2.40. The average Bonchev–Trinajstić information content (AvgIpc) is 2.43. The zero-order valence-corrected chi connectivity index (χ0v) is 11.7. The number of anilines is 1. The number of nitrogens with one attached hydrogen (secondary N) is 1. The number of benzene rings is 1. The highest BCUT2D eigenvalue weighted by Gasteiger charge is 2.75. The maximum Gasteiger partial charge on any atom is 0.429 e. The van der Waals surface area contributed by atoms with E-state index in [1.165, 1.54) is 18.2 Å². The van der Waals surface area contributed by atoms with Gasteiger partial charge in [0.2, 0.25) is 0 Å². The quantitative estimate of drug-likeness (QED) is 0.734. The molecular weight excluding hydrogens is 332 g/mol. The van der Waals surface area contributed by atoms with Gasteiger partial charge in [0, 0.05) is 5.69 Å². The van der Waals surface area contributed by atoms with Crippen LogP contribution in [0.3, 0.4) is 0 Å². The topological polar surface area (TPSA) is 69.6 Å². The highest BCUT2D eigenvalue weighted by atomic mass is 19.4. The van der Waals surface area contributed by atoms with Crippen LogP contribution >= 0.6 is 0 Å². The Bertz CT molecular complexity index is 556. The van der Waals surface area contributed by atoms with Gasteiger partial charge in [0.1, 0.15) is 0 Å². The molecule has 0 radical (unpaired) electrons. The molecule has 0 saturated carbocycles. The molecule has 4 nitrogen and oxygen atoms in total. The smallest absolute Gasteiger partial charge is 0.380 e. The van der Waals surface area contributed by atoms with E-state index in [0.717, 1.165) is 0 Å². The Kier molecular flexibility index (Phi) is 5.32. The second kappa shape index (κ2) is 6.36. The molecule has 1 amide bonds. The number of aliphatic hydroxyl groups excluding tert-OH is 1. The predicted molar refractivity (Wildman–Crippen MR) is 67.5 cm³/mol. The minimum absolute atomic E-state index is 0.111. The zero-order chi connectivity index (χ0) is 18.1. The fraction of sp³-hybridized carbons (Fsp3) is 0.462. The van der Waals surface area contributed by atoms with Crippen molar-refractivity contribution in [1.29, 1.82) is 0 Å². The summed E-state index contributed by atoms with van der Waals surface area (Å²) in [6.07, 6.45) is -15.9. The van der Waals surface area contributed by atoms with Crippen molar-refractivity contribution in [3.63, 3.8) is 0 Å². The number of aliphatic hydroxyl groups is 2. The molecule has 3 N–H and O–H groups in total. The van der Waals surface area contributed by atoms with Crippen LogP contribution in [0.5, 0.6) is 0 Å². The summed E-state index contributed by atoms with van der Waals surface area (Å²) in [6.45, 7) is 1.74. The summed E-state index contributed by atoms with van der Waals surface area (Å²) >= 11 is 0. The van der Waals surface area contributed by atoms with Crippen LogP contribution in [0.4, 0.5) is 32.0 Å². The lowest BCUT2D eigenvalue weighted by Crippen LogP contribution is -2.67. The summed E-state index contributed by atoms with van der Waals surface area (Å²) in [6, 6.07) is 5.56. The molecule has 0 heterocycles. The van der Waals surface area contributed by atoms with Crippen molar-refractivity contribution in [3.05, 3.63) is 29.8 Å². The van der Waals surface area contributed by atoms with Gasteiger partial charge in [-0.15, -0.1) is 0 Å². The number of hydrogen-bond donors (Lipinski definition) is 3. The Morgan fingerprint density at radius 3 is 2.13 bits per heavy atom. The lowest BCUT2D eigenvalue weighted by molar-refractivity contribution is -0.385. The largest absolute Gasteiger partial charge is 0.429 e.